The average molecular weight is 362 g/mol. The maximum absolute atomic E-state index is 13.8. The maximum atomic E-state index is 13.8. The molecule has 0 aliphatic carbocycles. The lowest BCUT2D eigenvalue weighted by atomic mass is 10.1. The molecule has 1 saturated heterocycles. The van der Waals surface area contributed by atoms with Crippen LogP contribution in [0.4, 0.5) is 29.2 Å². The number of aromatic amines is 1. The number of ether oxygens (including phenoxy) is 2. The minimum Gasteiger partial charge on any atom is -0.467 e. The Hall–Kier alpha value is -2.63. The second-order valence-corrected chi connectivity index (χ2v) is 5.20. The van der Waals surface area contributed by atoms with E-state index in [-0.39, 0.29) is 29.8 Å². The molecule has 3 heterocycles. The van der Waals surface area contributed by atoms with Gasteiger partial charge in [-0.25, -0.2) is 8.78 Å². The van der Waals surface area contributed by atoms with E-state index in [2.05, 4.69) is 35.5 Å². The smallest absolute Gasteiger partial charge is 0.388 e. The quantitative estimate of drug-likeness (QED) is 0.676. The summed E-state index contributed by atoms with van der Waals surface area (Å²) in [6.07, 6.45) is 1.33. The Morgan fingerprint density at radius 2 is 2.12 bits per heavy atom. The fourth-order valence-corrected chi connectivity index (χ4v) is 2.23. The second-order valence-electron chi connectivity index (χ2n) is 5.20. The number of halogens is 4. The highest BCUT2D eigenvalue weighted by molar-refractivity contribution is 5.51. The molecular formula is C13H14F4N6O2. The number of hydrogen-bond acceptors (Lipinski definition) is 7. The van der Waals surface area contributed by atoms with E-state index in [1.165, 1.54) is 18.5 Å². The van der Waals surface area contributed by atoms with Crippen molar-refractivity contribution in [3.63, 3.8) is 0 Å². The Labute approximate surface area is 138 Å². The highest BCUT2D eigenvalue weighted by atomic mass is 19.3. The molecule has 136 valence electrons. The summed E-state index contributed by atoms with van der Waals surface area (Å²) >= 11 is 0. The van der Waals surface area contributed by atoms with Crippen LogP contribution in [0, 0.1) is 0 Å². The van der Waals surface area contributed by atoms with Crippen LogP contribution < -0.4 is 20.1 Å². The van der Waals surface area contributed by atoms with Crippen LogP contribution in [0.1, 0.15) is 6.42 Å². The van der Waals surface area contributed by atoms with E-state index in [1.807, 2.05) is 0 Å². The standard InChI is InChI=1S/C13H14F4N6O2/c14-12(15)25-10-3-8(22-23-10)20-9-4-19-5-11(21-9)24-7-1-2-18-6-13(7,16)17/h3-5,7,12,18H,1-2,6H2,(H2,20,21,22,23)/t7-/m1/s1. The third-order valence-corrected chi connectivity index (χ3v) is 3.32. The predicted octanol–water partition coefficient (Wildman–Crippen LogP) is 1.92. The highest BCUT2D eigenvalue weighted by Crippen LogP contribution is 2.27. The van der Waals surface area contributed by atoms with E-state index < -0.39 is 25.2 Å². The van der Waals surface area contributed by atoms with Gasteiger partial charge in [0, 0.05) is 12.5 Å². The van der Waals surface area contributed by atoms with Gasteiger partial charge in [0.2, 0.25) is 11.8 Å². The number of piperidine rings is 1. The van der Waals surface area contributed by atoms with Crippen molar-refractivity contribution >= 4 is 11.6 Å². The van der Waals surface area contributed by atoms with Crippen molar-refractivity contribution in [2.24, 2.45) is 0 Å². The van der Waals surface area contributed by atoms with Gasteiger partial charge in [-0.3, -0.25) is 10.1 Å². The molecule has 2 aromatic rings. The van der Waals surface area contributed by atoms with Crippen LogP contribution in [-0.2, 0) is 0 Å². The molecule has 1 aliphatic rings. The van der Waals surface area contributed by atoms with Gasteiger partial charge in [-0.2, -0.15) is 13.8 Å². The third kappa shape index (κ3) is 4.47. The first-order chi connectivity index (χ1) is 11.9. The normalized spacial score (nSPS) is 19.6. The minimum atomic E-state index is -3.02. The van der Waals surface area contributed by atoms with Gasteiger partial charge in [0.05, 0.1) is 18.9 Å². The molecule has 1 atom stereocenters. The first-order valence-electron chi connectivity index (χ1n) is 7.27. The second kappa shape index (κ2) is 7.09. The monoisotopic (exact) mass is 362 g/mol. The topological polar surface area (TPSA) is 97.0 Å². The fraction of sp³-hybridized carbons (Fsp3) is 0.462. The third-order valence-electron chi connectivity index (χ3n) is 3.32. The van der Waals surface area contributed by atoms with Crippen LogP contribution in [0.2, 0.25) is 0 Å². The molecule has 25 heavy (non-hydrogen) atoms. The summed E-state index contributed by atoms with van der Waals surface area (Å²) in [6.45, 7) is -3.06. The molecule has 8 nitrogen and oxygen atoms in total. The average Bonchev–Trinajstić information content (AvgIpc) is 2.96. The van der Waals surface area contributed by atoms with Gasteiger partial charge in [0.15, 0.2) is 11.9 Å². The molecule has 3 rings (SSSR count). The lowest BCUT2D eigenvalue weighted by Crippen LogP contribution is -2.52. The SMILES string of the molecule is FC(F)Oc1cc(Nc2cncc(O[C@@H]3CCNCC3(F)F)n2)[nH]n1. The van der Waals surface area contributed by atoms with Crippen LogP contribution >= 0.6 is 0 Å². The van der Waals surface area contributed by atoms with Gasteiger partial charge >= 0.3 is 6.61 Å². The van der Waals surface area contributed by atoms with Gasteiger partial charge in [-0.05, 0) is 6.54 Å². The zero-order valence-electron chi connectivity index (χ0n) is 12.7. The van der Waals surface area contributed by atoms with Gasteiger partial charge in [0.25, 0.3) is 5.92 Å². The Kier molecular flexibility index (Phi) is 4.88. The Bertz CT molecular complexity index is 713. The van der Waals surface area contributed by atoms with Crippen LogP contribution in [0.5, 0.6) is 11.8 Å². The molecule has 2 aromatic heterocycles. The van der Waals surface area contributed by atoms with Crippen LogP contribution in [0.3, 0.4) is 0 Å². The van der Waals surface area contributed by atoms with E-state index in [1.54, 1.807) is 0 Å². The van der Waals surface area contributed by atoms with E-state index in [4.69, 9.17) is 4.74 Å². The largest absolute Gasteiger partial charge is 0.467 e. The van der Waals surface area contributed by atoms with Crippen LogP contribution in [0.15, 0.2) is 18.5 Å². The van der Waals surface area contributed by atoms with Crippen molar-refractivity contribution in [1.82, 2.24) is 25.5 Å². The number of H-pyrrole nitrogens is 1. The maximum Gasteiger partial charge on any atom is 0.388 e. The summed E-state index contributed by atoms with van der Waals surface area (Å²) in [5.74, 6) is -3.06. The number of rotatable bonds is 6. The van der Waals surface area contributed by atoms with Gasteiger partial charge in [-0.15, -0.1) is 5.10 Å². The number of alkyl halides is 4. The number of anilines is 2. The summed E-state index contributed by atoms with van der Waals surface area (Å²) in [5.41, 5.74) is 0. The minimum absolute atomic E-state index is 0.0832. The summed E-state index contributed by atoms with van der Waals surface area (Å²) in [5, 5.41) is 11.2. The molecule has 0 aromatic carbocycles. The molecule has 3 N–H and O–H groups in total. The van der Waals surface area contributed by atoms with Gasteiger partial charge in [0.1, 0.15) is 5.82 Å². The fourth-order valence-electron chi connectivity index (χ4n) is 2.23. The van der Waals surface area contributed by atoms with E-state index in [9.17, 15) is 17.6 Å². The lowest BCUT2D eigenvalue weighted by Gasteiger charge is -2.31. The number of nitrogens with zero attached hydrogens (tertiary/aromatic N) is 3. The molecule has 0 spiro atoms. The molecule has 0 bridgehead atoms. The molecule has 0 amide bonds. The first-order valence-corrected chi connectivity index (χ1v) is 7.27. The van der Waals surface area contributed by atoms with Gasteiger partial charge < -0.3 is 20.1 Å². The lowest BCUT2D eigenvalue weighted by molar-refractivity contribution is -0.110. The van der Waals surface area contributed by atoms with Crippen molar-refractivity contribution in [2.45, 2.75) is 25.1 Å². The summed E-state index contributed by atoms with van der Waals surface area (Å²) in [7, 11) is 0. The van der Waals surface area contributed by atoms with Crippen molar-refractivity contribution < 1.29 is 27.0 Å². The Morgan fingerprint density at radius 3 is 2.88 bits per heavy atom. The summed E-state index contributed by atoms with van der Waals surface area (Å²) in [4.78, 5) is 7.86. The molecule has 12 heteroatoms. The van der Waals surface area contributed by atoms with E-state index in [0.29, 0.717) is 6.54 Å². The predicted molar refractivity (Wildman–Crippen MR) is 77.4 cm³/mol. The number of aromatic nitrogens is 4. The summed E-state index contributed by atoms with van der Waals surface area (Å²) in [6, 6.07) is 1.18. The number of hydrogen-bond donors (Lipinski definition) is 3. The first kappa shape index (κ1) is 17.2. The molecular weight excluding hydrogens is 348 g/mol. The van der Waals surface area contributed by atoms with E-state index >= 15 is 0 Å². The molecule has 0 saturated carbocycles. The van der Waals surface area contributed by atoms with Crippen LogP contribution in [-0.4, -0.2) is 51.9 Å². The van der Waals surface area contributed by atoms with Gasteiger partial charge in [-0.1, -0.05) is 0 Å². The van der Waals surface area contributed by atoms with Crippen molar-refractivity contribution in [1.29, 1.82) is 0 Å². The molecule has 0 radical (unpaired) electrons. The van der Waals surface area contributed by atoms with Crippen molar-refractivity contribution in [3.8, 4) is 11.8 Å². The Balaban J connectivity index is 1.66. The zero-order valence-corrected chi connectivity index (χ0v) is 12.7. The highest BCUT2D eigenvalue weighted by Gasteiger charge is 2.43. The van der Waals surface area contributed by atoms with Crippen molar-refractivity contribution in [2.75, 3.05) is 18.4 Å². The Morgan fingerprint density at radius 1 is 1.28 bits per heavy atom. The number of nitrogens with one attached hydrogen (secondary N) is 3. The van der Waals surface area contributed by atoms with Crippen LogP contribution in [0.25, 0.3) is 0 Å². The van der Waals surface area contributed by atoms with E-state index in [0.717, 1.165) is 0 Å². The van der Waals surface area contributed by atoms with Crippen molar-refractivity contribution in [3.05, 3.63) is 18.5 Å². The zero-order chi connectivity index (χ0) is 17.9. The molecule has 0 unspecified atom stereocenters. The summed E-state index contributed by atoms with van der Waals surface area (Å²) < 4.78 is 61.1. The molecule has 1 aliphatic heterocycles. The molecule has 1 fully saturated rings.